The molecule has 0 aromatic heterocycles. The van der Waals surface area contributed by atoms with E-state index in [2.05, 4.69) is 0 Å². The Kier molecular flexibility index (Phi) is 9.68. The van der Waals surface area contributed by atoms with Crippen LogP contribution in [0, 0.1) is 5.92 Å². The van der Waals surface area contributed by atoms with Crippen molar-refractivity contribution in [3.63, 3.8) is 0 Å². The van der Waals surface area contributed by atoms with Crippen molar-refractivity contribution < 1.29 is 23.5 Å². The number of esters is 2. The average molecular weight is 288 g/mol. The molecule has 20 heavy (non-hydrogen) atoms. The minimum Gasteiger partial charge on any atom is -0.462 e. The summed E-state index contributed by atoms with van der Waals surface area (Å²) in [5.41, 5.74) is -0.248. The van der Waals surface area contributed by atoms with E-state index >= 15 is 0 Å². The Hall–Kier alpha value is -1.39. The molecule has 0 N–H and O–H groups in total. The van der Waals surface area contributed by atoms with E-state index in [1.165, 1.54) is 0 Å². The number of halogens is 1. The van der Waals surface area contributed by atoms with Crippen LogP contribution in [0.5, 0.6) is 0 Å². The van der Waals surface area contributed by atoms with Gasteiger partial charge in [0.2, 0.25) is 5.83 Å². The quantitative estimate of drug-likeness (QED) is 0.370. The minimum atomic E-state index is -1.14. The van der Waals surface area contributed by atoms with Gasteiger partial charge < -0.3 is 9.47 Å². The van der Waals surface area contributed by atoms with Gasteiger partial charge in [0, 0.05) is 0 Å². The summed E-state index contributed by atoms with van der Waals surface area (Å²) in [6, 6.07) is 0. The summed E-state index contributed by atoms with van der Waals surface area (Å²) in [6.07, 6.45) is 3.08. The molecule has 0 bridgehead atoms. The zero-order chi connectivity index (χ0) is 15.5. The van der Waals surface area contributed by atoms with E-state index < -0.39 is 23.7 Å². The molecule has 0 aromatic rings. The van der Waals surface area contributed by atoms with Crippen LogP contribution in [0.2, 0.25) is 0 Å². The fraction of sp³-hybridized carbons (Fsp3) is 0.733. The Morgan fingerprint density at radius 2 is 1.40 bits per heavy atom. The monoisotopic (exact) mass is 288 g/mol. The van der Waals surface area contributed by atoms with Crippen LogP contribution in [0.3, 0.4) is 0 Å². The topological polar surface area (TPSA) is 52.6 Å². The lowest BCUT2D eigenvalue weighted by Crippen LogP contribution is -2.19. The van der Waals surface area contributed by atoms with Gasteiger partial charge in [-0.15, -0.1) is 0 Å². The number of hydrogen-bond acceptors (Lipinski definition) is 4. The zero-order valence-electron chi connectivity index (χ0n) is 12.8. The highest BCUT2D eigenvalue weighted by Crippen LogP contribution is 2.19. The summed E-state index contributed by atoms with van der Waals surface area (Å²) < 4.78 is 23.7. The van der Waals surface area contributed by atoms with Gasteiger partial charge in [-0.25, -0.2) is 9.59 Å². The van der Waals surface area contributed by atoms with E-state index in [1.807, 2.05) is 13.8 Å². The van der Waals surface area contributed by atoms with Crippen LogP contribution in [0.1, 0.15) is 53.4 Å². The first-order valence-electron chi connectivity index (χ1n) is 7.19. The first kappa shape index (κ1) is 18.6. The molecule has 0 spiro atoms. The molecule has 0 aliphatic heterocycles. The molecular formula is C15H25FO4. The van der Waals surface area contributed by atoms with E-state index in [9.17, 15) is 14.0 Å². The van der Waals surface area contributed by atoms with Gasteiger partial charge in [0.15, 0.2) is 0 Å². The van der Waals surface area contributed by atoms with Gasteiger partial charge in [-0.2, -0.15) is 4.39 Å². The molecule has 0 amide bonds. The second-order valence-corrected chi connectivity index (χ2v) is 4.86. The summed E-state index contributed by atoms with van der Waals surface area (Å²) >= 11 is 0. The Balaban J connectivity index is 4.79. The van der Waals surface area contributed by atoms with E-state index in [0.717, 1.165) is 12.8 Å². The lowest BCUT2D eigenvalue weighted by molar-refractivity contribution is -0.144. The molecule has 116 valence electrons. The summed E-state index contributed by atoms with van der Waals surface area (Å²) in [6.45, 7) is 7.54. The first-order valence-corrected chi connectivity index (χ1v) is 7.19. The number of carbonyl (C=O) groups is 2. The highest BCUT2D eigenvalue weighted by molar-refractivity contribution is 5.99. The number of carbonyl (C=O) groups excluding carboxylic acids is 2. The maximum atomic E-state index is 14.0. The Bertz CT molecular complexity index is 348. The summed E-state index contributed by atoms with van der Waals surface area (Å²) in [5.74, 6) is -3.45. The number of hydrogen-bond donors (Lipinski definition) is 0. The van der Waals surface area contributed by atoms with Crippen molar-refractivity contribution in [2.45, 2.75) is 53.4 Å². The van der Waals surface area contributed by atoms with Gasteiger partial charge in [-0.3, -0.25) is 0 Å². The fourth-order valence-electron chi connectivity index (χ4n) is 1.45. The third kappa shape index (κ3) is 6.68. The maximum absolute atomic E-state index is 14.0. The van der Waals surface area contributed by atoms with E-state index in [1.54, 1.807) is 13.8 Å². The zero-order valence-corrected chi connectivity index (χ0v) is 12.8. The SMILES string of the molecule is CCCCOC(=O)/C(F)=C(\C(=O)OCCCC)C(C)C. The van der Waals surface area contributed by atoms with E-state index in [-0.39, 0.29) is 18.8 Å². The molecule has 0 heterocycles. The van der Waals surface area contributed by atoms with Crippen LogP contribution in [-0.4, -0.2) is 25.2 Å². The van der Waals surface area contributed by atoms with Crippen LogP contribution in [0.25, 0.3) is 0 Å². The van der Waals surface area contributed by atoms with Gasteiger partial charge in [0.05, 0.1) is 18.8 Å². The molecule has 0 aromatic carbocycles. The Morgan fingerprint density at radius 3 is 1.80 bits per heavy atom. The third-order valence-corrected chi connectivity index (χ3v) is 2.68. The average Bonchev–Trinajstić information content (AvgIpc) is 2.38. The summed E-state index contributed by atoms with van der Waals surface area (Å²) in [7, 11) is 0. The van der Waals surface area contributed by atoms with Gasteiger partial charge in [-0.05, 0) is 18.8 Å². The van der Waals surface area contributed by atoms with E-state index in [4.69, 9.17) is 9.47 Å². The van der Waals surface area contributed by atoms with Crippen molar-refractivity contribution in [3.8, 4) is 0 Å². The highest BCUT2D eigenvalue weighted by Gasteiger charge is 2.26. The van der Waals surface area contributed by atoms with Crippen LogP contribution in [0.15, 0.2) is 11.4 Å². The lowest BCUT2D eigenvalue weighted by atomic mass is 10.0. The molecule has 0 unspecified atom stereocenters. The number of rotatable bonds is 9. The molecule has 0 aliphatic rings. The molecule has 0 saturated heterocycles. The van der Waals surface area contributed by atoms with Gasteiger partial charge in [-0.1, -0.05) is 40.5 Å². The van der Waals surface area contributed by atoms with Crippen LogP contribution in [-0.2, 0) is 19.1 Å². The number of unbranched alkanes of at least 4 members (excludes halogenated alkanes) is 2. The Morgan fingerprint density at radius 1 is 0.950 bits per heavy atom. The molecule has 5 heteroatoms. The predicted octanol–water partition coefficient (Wildman–Crippen LogP) is 3.55. The van der Waals surface area contributed by atoms with Crippen LogP contribution >= 0.6 is 0 Å². The molecule has 0 aliphatic carbocycles. The van der Waals surface area contributed by atoms with Crippen molar-refractivity contribution in [1.82, 2.24) is 0 Å². The van der Waals surface area contributed by atoms with Gasteiger partial charge >= 0.3 is 11.9 Å². The van der Waals surface area contributed by atoms with Crippen molar-refractivity contribution in [2.75, 3.05) is 13.2 Å². The minimum absolute atomic E-state index is 0.152. The second-order valence-electron chi connectivity index (χ2n) is 4.86. The smallest absolute Gasteiger partial charge is 0.367 e. The standard InChI is InChI=1S/C15H25FO4/c1-5-7-9-19-14(17)12(11(3)4)13(16)15(18)20-10-8-6-2/h11H,5-10H2,1-4H3/b13-12+. The molecule has 0 radical (unpaired) electrons. The highest BCUT2D eigenvalue weighted by atomic mass is 19.1. The lowest BCUT2D eigenvalue weighted by Gasteiger charge is -2.12. The second kappa shape index (κ2) is 10.4. The molecular weight excluding hydrogens is 263 g/mol. The van der Waals surface area contributed by atoms with Crippen LogP contribution < -0.4 is 0 Å². The predicted molar refractivity (Wildman–Crippen MR) is 74.7 cm³/mol. The van der Waals surface area contributed by atoms with Crippen molar-refractivity contribution >= 4 is 11.9 Å². The van der Waals surface area contributed by atoms with Crippen molar-refractivity contribution in [2.24, 2.45) is 5.92 Å². The van der Waals surface area contributed by atoms with Gasteiger partial charge in [0.25, 0.3) is 0 Å². The molecule has 0 saturated carbocycles. The van der Waals surface area contributed by atoms with Crippen molar-refractivity contribution in [1.29, 1.82) is 0 Å². The molecule has 0 atom stereocenters. The first-order chi connectivity index (χ1) is 9.45. The third-order valence-electron chi connectivity index (χ3n) is 2.68. The molecule has 0 fully saturated rings. The summed E-state index contributed by atoms with van der Waals surface area (Å²) in [5, 5.41) is 0. The van der Waals surface area contributed by atoms with Gasteiger partial charge in [0.1, 0.15) is 0 Å². The van der Waals surface area contributed by atoms with E-state index in [0.29, 0.717) is 12.8 Å². The Labute approximate surface area is 120 Å². The maximum Gasteiger partial charge on any atom is 0.367 e. The normalized spacial score (nSPS) is 12.1. The fourth-order valence-corrected chi connectivity index (χ4v) is 1.45. The molecule has 4 nitrogen and oxygen atoms in total. The number of ether oxygens (including phenoxy) is 2. The molecule has 0 rings (SSSR count). The summed E-state index contributed by atoms with van der Waals surface area (Å²) in [4.78, 5) is 23.3. The van der Waals surface area contributed by atoms with Crippen LogP contribution in [0.4, 0.5) is 4.39 Å². The van der Waals surface area contributed by atoms with Crippen molar-refractivity contribution in [3.05, 3.63) is 11.4 Å². The largest absolute Gasteiger partial charge is 0.462 e.